The van der Waals surface area contributed by atoms with Crippen molar-refractivity contribution in [3.8, 4) is 0 Å². The maximum absolute atomic E-state index is 10.4. The fraction of sp³-hybridized carbons (Fsp3) is 0.733. The molecule has 0 amide bonds. The van der Waals surface area contributed by atoms with E-state index in [0.29, 0.717) is 0 Å². The molecule has 2 spiro atoms. The van der Waals surface area contributed by atoms with Crippen molar-refractivity contribution >= 4 is 0 Å². The number of allylic oxidation sites excluding steroid dienone is 6. The first kappa shape index (κ1) is 24.5. The number of hydrogen-bond donors (Lipinski definition) is 4. The molecule has 0 saturated heterocycles. The van der Waals surface area contributed by atoms with Crippen LogP contribution in [0.2, 0.25) is 0 Å². The zero-order valence-corrected chi connectivity index (χ0v) is 20.7. The van der Waals surface area contributed by atoms with Crippen molar-refractivity contribution < 1.29 is 20.4 Å². The summed E-state index contributed by atoms with van der Waals surface area (Å²) in [4.78, 5) is 0. The molecule has 188 valence electrons. The van der Waals surface area contributed by atoms with Crippen LogP contribution in [-0.4, -0.2) is 44.8 Å². The molecule has 0 radical (unpaired) electrons. The van der Waals surface area contributed by atoms with Crippen molar-refractivity contribution in [2.75, 3.05) is 0 Å². The molecule has 0 aromatic rings. The van der Waals surface area contributed by atoms with Crippen molar-refractivity contribution in [3.05, 3.63) is 47.6 Å². The second kappa shape index (κ2) is 9.35. The van der Waals surface area contributed by atoms with E-state index in [-0.39, 0.29) is 47.1 Å². The summed E-state index contributed by atoms with van der Waals surface area (Å²) >= 11 is 0. The monoisotopic (exact) mass is 468 g/mol. The Hall–Kier alpha value is -1.20. The lowest BCUT2D eigenvalue weighted by Gasteiger charge is -2.47. The Labute approximate surface area is 205 Å². The highest BCUT2D eigenvalue weighted by Crippen LogP contribution is 2.60. The Morgan fingerprint density at radius 1 is 0.588 bits per heavy atom. The molecule has 6 rings (SSSR count). The van der Waals surface area contributed by atoms with E-state index in [1.807, 2.05) is 0 Å². The highest BCUT2D eigenvalue weighted by molar-refractivity contribution is 5.42. The van der Waals surface area contributed by atoms with E-state index >= 15 is 0 Å². The van der Waals surface area contributed by atoms with Gasteiger partial charge in [0.25, 0.3) is 0 Å². The second-order valence-electron chi connectivity index (χ2n) is 12.0. The molecule has 0 aromatic carbocycles. The molecule has 0 aliphatic heterocycles. The first-order valence-corrected chi connectivity index (χ1v) is 13.8. The van der Waals surface area contributed by atoms with E-state index in [2.05, 4.69) is 25.3 Å². The van der Waals surface area contributed by atoms with Gasteiger partial charge in [0, 0.05) is 22.7 Å². The van der Waals surface area contributed by atoms with Crippen LogP contribution < -0.4 is 0 Å². The Balaban J connectivity index is 0.000000142. The van der Waals surface area contributed by atoms with Gasteiger partial charge in [0.2, 0.25) is 0 Å². The molecule has 0 unspecified atom stereocenters. The summed E-state index contributed by atoms with van der Waals surface area (Å²) in [6.45, 7) is 8.40. The first-order valence-electron chi connectivity index (χ1n) is 13.8. The second-order valence-corrected chi connectivity index (χ2v) is 12.0. The van der Waals surface area contributed by atoms with Gasteiger partial charge in [-0.15, -0.1) is 0 Å². The van der Waals surface area contributed by atoms with Gasteiger partial charge in [-0.3, -0.25) is 0 Å². The average Bonchev–Trinajstić information content (AvgIpc) is 3.36. The number of aliphatic hydroxyl groups is 4. The van der Waals surface area contributed by atoms with E-state index in [1.165, 1.54) is 22.3 Å². The van der Waals surface area contributed by atoms with Gasteiger partial charge >= 0.3 is 0 Å². The van der Waals surface area contributed by atoms with Crippen LogP contribution in [0.15, 0.2) is 47.6 Å². The number of hydrogen-bond acceptors (Lipinski definition) is 4. The summed E-state index contributed by atoms with van der Waals surface area (Å²) in [7, 11) is 0. The molecule has 4 heteroatoms. The van der Waals surface area contributed by atoms with Crippen LogP contribution in [0.1, 0.15) is 89.9 Å². The topological polar surface area (TPSA) is 80.9 Å². The molecule has 4 nitrogen and oxygen atoms in total. The smallest absolute Gasteiger partial charge is 0.0604 e. The predicted octanol–water partition coefficient (Wildman–Crippen LogP) is 5.13. The molecular formula is C30H44O4. The van der Waals surface area contributed by atoms with Crippen molar-refractivity contribution in [2.45, 2.75) is 114 Å². The normalized spacial score (nSPS) is 45.9. The third-order valence-electron chi connectivity index (χ3n) is 10.4. The molecule has 4 N–H and O–H groups in total. The lowest BCUT2D eigenvalue weighted by Crippen LogP contribution is -2.47. The third-order valence-corrected chi connectivity index (χ3v) is 10.4. The van der Waals surface area contributed by atoms with E-state index in [1.54, 1.807) is 0 Å². The lowest BCUT2D eigenvalue weighted by atomic mass is 9.59. The Morgan fingerprint density at radius 2 is 0.971 bits per heavy atom. The van der Waals surface area contributed by atoms with Crippen LogP contribution in [0, 0.1) is 22.7 Å². The highest BCUT2D eigenvalue weighted by atomic mass is 16.3. The zero-order valence-electron chi connectivity index (χ0n) is 20.7. The molecule has 0 aromatic heterocycles. The third kappa shape index (κ3) is 3.80. The van der Waals surface area contributed by atoms with Crippen LogP contribution in [0.25, 0.3) is 0 Å². The van der Waals surface area contributed by atoms with E-state index in [9.17, 15) is 20.4 Å². The van der Waals surface area contributed by atoms with E-state index in [4.69, 9.17) is 0 Å². The van der Waals surface area contributed by atoms with Crippen LogP contribution in [-0.2, 0) is 0 Å². The van der Waals surface area contributed by atoms with Crippen molar-refractivity contribution in [1.82, 2.24) is 0 Å². The van der Waals surface area contributed by atoms with E-state index in [0.717, 1.165) is 89.9 Å². The molecule has 6 aliphatic rings. The predicted molar refractivity (Wildman–Crippen MR) is 135 cm³/mol. The Kier molecular flexibility index (Phi) is 6.74. The summed E-state index contributed by atoms with van der Waals surface area (Å²) in [5.41, 5.74) is 5.25. The molecule has 34 heavy (non-hydrogen) atoms. The first-order chi connectivity index (χ1) is 16.3. The minimum Gasteiger partial charge on any atom is -0.393 e. The van der Waals surface area contributed by atoms with Crippen molar-refractivity contribution in [3.63, 3.8) is 0 Å². The zero-order chi connectivity index (χ0) is 24.1. The van der Waals surface area contributed by atoms with Crippen LogP contribution in [0.3, 0.4) is 0 Å². The number of rotatable bonds is 0. The maximum atomic E-state index is 10.4. The van der Waals surface area contributed by atoms with Gasteiger partial charge in [-0.2, -0.15) is 0 Å². The van der Waals surface area contributed by atoms with Crippen LogP contribution >= 0.6 is 0 Å². The standard InChI is InChI=1S/2C15H22O2/c2*1-10-6-7-13(17)14-12(16)5-3-9-15(14)8-2-4-11(10)15/h2*4,12-14,16-17H,1-3,5-9H2/t2*12-,13-,14+,15+/m00/s1. The molecule has 8 atom stereocenters. The van der Waals surface area contributed by atoms with Gasteiger partial charge in [0.05, 0.1) is 24.4 Å². The minimum absolute atomic E-state index is 0.0456. The highest BCUT2D eigenvalue weighted by Gasteiger charge is 2.54. The van der Waals surface area contributed by atoms with E-state index < -0.39 is 0 Å². The van der Waals surface area contributed by atoms with Gasteiger partial charge in [-0.1, -0.05) is 36.5 Å². The van der Waals surface area contributed by atoms with Crippen molar-refractivity contribution in [2.24, 2.45) is 22.7 Å². The Morgan fingerprint density at radius 3 is 1.38 bits per heavy atom. The molecule has 4 saturated carbocycles. The molecule has 6 aliphatic carbocycles. The molecule has 0 bridgehead atoms. The molecule has 0 heterocycles. The van der Waals surface area contributed by atoms with Gasteiger partial charge in [0.15, 0.2) is 0 Å². The number of aliphatic hydroxyl groups excluding tert-OH is 4. The van der Waals surface area contributed by atoms with Gasteiger partial charge in [-0.25, -0.2) is 0 Å². The fourth-order valence-electron chi connectivity index (χ4n) is 9.03. The van der Waals surface area contributed by atoms with Gasteiger partial charge in [-0.05, 0) is 101 Å². The summed E-state index contributed by atoms with van der Waals surface area (Å²) in [6.07, 6.45) is 17.0. The SMILES string of the molecule is C=C1CC[C@H](O)[C@H]2[C@@H](O)CCC[C@@]23CCC=C13.C=C1CC[C@H](O)[C@H]2[C@@H](O)CCC[C@@]23CCC=C13. The summed E-state index contributed by atoms with van der Waals surface area (Å²) < 4.78 is 0. The average molecular weight is 469 g/mol. The van der Waals surface area contributed by atoms with Crippen LogP contribution in [0.5, 0.6) is 0 Å². The van der Waals surface area contributed by atoms with Crippen LogP contribution in [0.4, 0.5) is 0 Å². The molecular weight excluding hydrogens is 424 g/mol. The maximum Gasteiger partial charge on any atom is 0.0604 e. The molecule has 4 fully saturated rings. The Bertz CT molecular complexity index is 814. The van der Waals surface area contributed by atoms with Gasteiger partial charge in [0.1, 0.15) is 0 Å². The fourth-order valence-corrected chi connectivity index (χ4v) is 9.03. The largest absolute Gasteiger partial charge is 0.393 e. The quantitative estimate of drug-likeness (QED) is 0.397. The van der Waals surface area contributed by atoms with Gasteiger partial charge < -0.3 is 20.4 Å². The minimum atomic E-state index is -0.356. The van der Waals surface area contributed by atoms with Crippen molar-refractivity contribution in [1.29, 1.82) is 0 Å². The summed E-state index contributed by atoms with van der Waals surface area (Å²) in [6, 6.07) is 0. The summed E-state index contributed by atoms with van der Waals surface area (Å²) in [5.74, 6) is 0.0912. The summed E-state index contributed by atoms with van der Waals surface area (Å²) in [5, 5.41) is 41.4. The lowest BCUT2D eigenvalue weighted by molar-refractivity contribution is -0.0744.